The van der Waals surface area contributed by atoms with Gasteiger partial charge in [-0.2, -0.15) is 0 Å². The van der Waals surface area contributed by atoms with E-state index in [0.29, 0.717) is 17.9 Å². The number of halogens is 1. The Bertz CT molecular complexity index is 768. The summed E-state index contributed by atoms with van der Waals surface area (Å²) in [6.45, 7) is -0.144. The van der Waals surface area contributed by atoms with Crippen molar-refractivity contribution in [2.24, 2.45) is 0 Å². The summed E-state index contributed by atoms with van der Waals surface area (Å²) in [6.07, 6.45) is 5.42. The summed E-state index contributed by atoms with van der Waals surface area (Å²) in [4.78, 5) is 24.3. The monoisotopic (exact) mass is 405 g/mol. The topological polar surface area (TPSA) is 87.1 Å². The van der Waals surface area contributed by atoms with Crippen LogP contribution < -0.4 is 0 Å². The molecule has 0 saturated carbocycles. The summed E-state index contributed by atoms with van der Waals surface area (Å²) in [7, 11) is 0. The molecule has 0 aromatic heterocycles. The number of amides is 1. The number of carbonyl (C=O) groups is 2. The molecule has 1 aromatic carbocycles. The predicted octanol–water partition coefficient (Wildman–Crippen LogP) is 2.29. The molecule has 1 aliphatic rings. The van der Waals surface area contributed by atoms with Gasteiger partial charge in [0.05, 0.1) is 18.7 Å². The van der Waals surface area contributed by atoms with Crippen LogP contribution in [0.2, 0.25) is 5.02 Å². The summed E-state index contributed by atoms with van der Waals surface area (Å²) in [5, 5.41) is 19.4. The number of aliphatic hydroxyl groups is 1. The van der Waals surface area contributed by atoms with Gasteiger partial charge in [0.15, 0.2) is 0 Å². The van der Waals surface area contributed by atoms with E-state index in [1.165, 1.54) is 0 Å². The van der Waals surface area contributed by atoms with Gasteiger partial charge in [-0.05, 0) is 30.5 Å². The minimum absolute atomic E-state index is 0.00713. The van der Waals surface area contributed by atoms with E-state index in [1.54, 1.807) is 17.0 Å². The molecule has 0 bridgehead atoms. The molecule has 1 aliphatic heterocycles. The van der Waals surface area contributed by atoms with Crippen LogP contribution in [-0.2, 0) is 20.7 Å². The van der Waals surface area contributed by atoms with Crippen LogP contribution in [0.4, 0.5) is 0 Å². The summed E-state index contributed by atoms with van der Waals surface area (Å²) in [5.74, 6) is 4.54. The number of aliphatic carboxylic acids is 1. The number of benzene rings is 1. The van der Waals surface area contributed by atoms with Crippen molar-refractivity contribution in [2.45, 2.75) is 37.8 Å². The SMILES string of the molecule is O=C(O)COCC#CCN1C(=O)CCCC1C=CC(O)Cc1cccc(Cl)c1. The van der Waals surface area contributed by atoms with Crippen LogP contribution in [-0.4, -0.2) is 58.9 Å². The second-order valence-electron chi connectivity index (χ2n) is 6.51. The van der Waals surface area contributed by atoms with E-state index < -0.39 is 18.7 Å². The first-order chi connectivity index (χ1) is 13.5. The lowest BCUT2D eigenvalue weighted by Gasteiger charge is -2.32. The number of aliphatic hydroxyl groups excluding tert-OH is 1. The Hall–Kier alpha value is -2.33. The average molecular weight is 406 g/mol. The van der Waals surface area contributed by atoms with Crippen molar-refractivity contribution in [2.75, 3.05) is 19.8 Å². The zero-order chi connectivity index (χ0) is 20.4. The van der Waals surface area contributed by atoms with Crippen molar-refractivity contribution < 1.29 is 24.5 Å². The van der Waals surface area contributed by atoms with E-state index in [9.17, 15) is 14.7 Å². The molecule has 1 heterocycles. The van der Waals surface area contributed by atoms with Crippen LogP contribution in [0.5, 0.6) is 0 Å². The zero-order valence-corrected chi connectivity index (χ0v) is 16.3. The van der Waals surface area contributed by atoms with Crippen molar-refractivity contribution in [1.82, 2.24) is 4.90 Å². The molecule has 2 N–H and O–H groups in total. The molecule has 1 amide bonds. The Morgan fingerprint density at radius 2 is 2.25 bits per heavy atom. The Morgan fingerprint density at radius 1 is 1.43 bits per heavy atom. The molecule has 1 aromatic rings. The smallest absolute Gasteiger partial charge is 0.329 e. The molecule has 7 heteroatoms. The highest BCUT2D eigenvalue weighted by molar-refractivity contribution is 6.30. The normalized spacial score (nSPS) is 18.0. The molecule has 150 valence electrons. The van der Waals surface area contributed by atoms with Crippen LogP contribution in [0.25, 0.3) is 0 Å². The summed E-state index contributed by atoms with van der Waals surface area (Å²) >= 11 is 5.96. The molecule has 1 saturated heterocycles. The highest BCUT2D eigenvalue weighted by Crippen LogP contribution is 2.19. The minimum Gasteiger partial charge on any atom is -0.480 e. The maximum atomic E-state index is 12.2. The molecular weight excluding hydrogens is 382 g/mol. The van der Waals surface area contributed by atoms with E-state index in [2.05, 4.69) is 11.8 Å². The average Bonchev–Trinajstić information content (AvgIpc) is 2.64. The standard InChI is InChI=1S/C21H24ClNO5/c22-17-6-3-5-16(13-17)14-19(24)10-9-18-7-4-8-20(25)23(18)11-1-2-12-28-15-21(26)27/h3,5-6,9-10,13,18-19,24H,4,7-8,11-12,14-15H2,(H,26,27). The summed E-state index contributed by atoms with van der Waals surface area (Å²) < 4.78 is 4.85. The van der Waals surface area contributed by atoms with Gasteiger partial charge in [-0.3, -0.25) is 4.79 Å². The number of carbonyl (C=O) groups excluding carboxylic acids is 1. The predicted molar refractivity (Wildman–Crippen MR) is 106 cm³/mol. The van der Waals surface area contributed by atoms with E-state index in [0.717, 1.165) is 18.4 Å². The van der Waals surface area contributed by atoms with Crippen LogP contribution in [0.1, 0.15) is 24.8 Å². The van der Waals surface area contributed by atoms with Crippen molar-refractivity contribution in [3.8, 4) is 11.8 Å². The number of piperidine rings is 1. The minimum atomic E-state index is -1.05. The molecule has 6 nitrogen and oxygen atoms in total. The van der Waals surface area contributed by atoms with Crippen molar-refractivity contribution >= 4 is 23.5 Å². The molecular formula is C21H24ClNO5. The largest absolute Gasteiger partial charge is 0.480 e. The first-order valence-corrected chi connectivity index (χ1v) is 9.49. The Balaban J connectivity index is 1.89. The molecule has 28 heavy (non-hydrogen) atoms. The van der Waals surface area contributed by atoms with Gasteiger partial charge in [0.1, 0.15) is 13.2 Å². The quantitative estimate of drug-likeness (QED) is 0.393. The van der Waals surface area contributed by atoms with Crippen molar-refractivity contribution in [3.63, 3.8) is 0 Å². The molecule has 2 unspecified atom stereocenters. The highest BCUT2D eigenvalue weighted by Gasteiger charge is 2.25. The van der Waals surface area contributed by atoms with Crippen LogP contribution in [0.15, 0.2) is 36.4 Å². The molecule has 1 fully saturated rings. The van der Waals surface area contributed by atoms with Crippen LogP contribution in [0.3, 0.4) is 0 Å². The Labute approximate surface area is 169 Å². The van der Waals surface area contributed by atoms with Crippen LogP contribution >= 0.6 is 11.6 Å². The summed E-state index contributed by atoms with van der Waals surface area (Å²) in [6, 6.07) is 7.23. The number of rotatable bonds is 8. The number of hydrogen-bond acceptors (Lipinski definition) is 4. The van der Waals surface area contributed by atoms with E-state index in [1.807, 2.05) is 24.3 Å². The fourth-order valence-corrected chi connectivity index (χ4v) is 3.18. The number of likely N-dealkylation sites (tertiary alicyclic amines) is 1. The van der Waals surface area contributed by atoms with Crippen molar-refractivity contribution in [1.29, 1.82) is 0 Å². The lowest BCUT2D eigenvalue weighted by atomic mass is 9.99. The van der Waals surface area contributed by atoms with Gasteiger partial charge in [0.25, 0.3) is 0 Å². The van der Waals surface area contributed by atoms with Gasteiger partial charge in [-0.25, -0.2) is 4.79 Å². The maximum absolute atomic E-state index is 12.2. The lowest BCUT2D eigenvalue weighted by molar-refractivity contribution is -0.141. The van der Waals surface area contributed by atoms with E-state index in [4.69, 9.17) is 21.4 Å². The Kier molecular flexibility index (Phi) is 9.02. The van der Waals surface area contributed by atoms with Gasteiger partial charge >= 0.3 is 5.97 Å². The number of carboxylic acids is 1. The van der Waals surface area contributed by atoms with Gasteiger partial charge in [0, 0.05) is 17.9 Å². The highest BCUT2D eigenvalue weighted by atomic mass is 35.5. The first-order valence-electron chi connectivity index (χ1n) is 9.11. The molecule has 0 spiro atoms. The first kappa shape index (κ1) is 22.0. The Morgan fingerprint density at radius 3 is 3.00 bits per heavy atom. The second kappa shape index (κ2) is 11.5. The lowest BCUT2D eigenvalue weighted by Crippen LogP contribution is -2.42. The fraction of sp³-hybridized carbons (Fsp3) is 0.429. The molecule has 2 rings (SSSR count). The van der Waals surface area contributed by atoms with E-state index >= 15 is 0 Å². The third-order valence-electron chi connectivity index (χ3n) is 4.27. The van der Waals surface area contributed by atoms with Gasteiger partial charge < -0.3 is 19.8 Å². The molecule has 0 aliphatic carbocycles. The third kappa shape index (κ3) is 7.73. The number of nitrogens with zero attached hydrogens (tertiary/aromatic N) is 1. The zero-order valence-electron chi connectivity index (χ0n) is 15.5. The van der Waals surface area contributed by atoms with Crippen molar-refractivity contribution in [3.05, 3.63) is 47.0 Å². The number of hydrogen-bond donors (Lipinski definition) is 2. The van der Waals surface area contributed by atoms with Gasteiger partial charge in [-0.15, -0.1) is 0 Å². The third-order valence-corrected chi connectivity index (χ3v) is 4.51. The number of carboxylic acid groups (broad SMARTS) is 1. The fourth-order valence-electron chi connectivity index (χ4n) is 2.96. The van der Waals surface area contributed by atoms with Gasteiger partial charge in [0.2, 0.25) is 5.91 Å². The molecule has 2 atom stereocenters. The molecule has 0 radical (unpaired) electrons. The second-order valence-corrected chi connectivity index (χ2v) is 6.94. The van der Waals surface area contributed by atoms with Crippen LogP contribution in [0, 0.1) is 11.8 Å². The summed E-state index contributed by atoms with van der Waals surface area (Å²) in [5.41, 5.74) is 0.938. The van der Waals surface area contributed by atoms with Gasteiger partial charge in [-0.1, -0.05) is 47.7 Å². The maximum Gasteiger partial charge on any atom is 0.329 e. The number of ether oxygens (including phenoxy) is 1. The van der Waals surface area contributed by atoms with E-state index in [-0.39, 0.29) is 25.1 Å².